The molecular weight excluding hydrogens is 821 g/mol. The van der Waals surface area contributed by atoms with E-state index in [4.69, 9.17) is 19.9 Å². The first-order valence-corrected chi connectivity index (χ1v) is 20.3. The molecule has 0 saturated heterocycles. The number of urea groups is 1. The van der Waals surface area contributed by atoms with Gasteiger partial charge >= 0.3 is 18.3 Å². The lowest BCUT2D eigenvalue weighted by atomic mass is 10.0. The molecule has 63 heavy (non-hydrogen) atoms. The van der Waals surface area contributed by atoms with Gasteiger partial charge in [-0.1, -0.05) is 44.2 Å². The van der Waals surface area contributed by atoms with Gasteiger partial charge in [0.15, 0.2) is 0 Å². The van der Waals surface area contributed by atoms with E-state index in [-0.39, 0.29) is 50.4 Å². The number of nitrogens with zero attached hydrogens (tertiary/aromatic N) is 1. The van der Waals surface area contributed by atoms with Crippen LogP contribution in [0.2, 0.25) is 0 Å². The summed E-state index contributed by atoms with van der Waals surface area (Å²) in [6, 6.07) is 15.3. The summed E-state index contributed by atoms with van der Waals surface area (Å²) in [5.41, 5.74) is 5.53. The highest BCUT2D eigenvalue weighted by Crippen LogP contribution is 2.19. The van der Waals surface area contributed by atoms with Gasteiger partial charge < -0.3 is 51.8 Å². The topological polar surface area (TPSA) is 289 Å². The molecule has 0 heterocycles. The lowest BCUT2D eigenvalue weighted by molar-refractivity contribution is -0.384. The fourth-order valence-electron chi connectivity index (χ4n) is 5.73. The molecule has 0 bridgehead atoms. The molecule has 3 aromatic rings. The van der Waals surface area contributed by atoms with E-state index in [0.717, 1.165) is 0 Å². The summed E-state index contributed by atoms with van der Waals surface area (Å²) in [5, 5.41) is 26.9. The summed E-state index contributed by atoms with van der Waals surface area (Å²) >= 11 is 0. The third kappa shape index (κ3) is 18.9. The molecular formula is C43H56N8O12. The highest BCUT2D eigenvalue weighted by molar-refractivity contribution is 6.00. The van der Waals surface area contributed by atoms with Crippen molar-refractivity contribution in [3.63, 3.8) is 0 Å². The van der Waals surface area contributed by atoms with Crippen molar-refractivity contribution < 1.29 is 52.7 Å². The zero-order valence-electron chi connectivity index (χ0n) is 35.9. The predicted molar refractivity (Wildman–Crippen MR) is 230 cm³/mol. The van der Waals surface area contributed by atoms with Gasteiger partial charge in [-0.3, -0.25) is 29.3 Å². The Morgan fingerprint density at radius 2 is 1.35 bits per heavy atom. The van der Waals surface area contributed by atoms with Crippen LogP contribution in [0.3, 0.4) is 0 Å². The molecule has 0 aliphatic carbocycles. The van der Waals surface area contributed by atoms with Gasteiger partial charge in [-0.05, 0) is 101 Å². The van der Waals surface area contributed by atoms with E-state index in [9.17, 15) is 43.7 Å². The maximum absolute atomic E-state index is 13.9. The first-order valence-electron chi connectivity index (χ1n) is 20.3. The van der Waals surface area contributed by atoms with Crippen LogP contribution in [0, 0.1) is 16.0 Å². The lowest BCUT2D eigenvalue weighted by Gasteiger charge is -2.27. The number of non-ortho nitro benzene ring substituents is 1. The molecule has 0 saturated carbocycles. The van der Waals surface area contributed by atoms with Crippen LogP contribution in [0.5, 0.6) is 5.75 Å². The fraction of sp³-hybridized carbons (Fsp3) is 0.419. The maximum atomic E-state index is 13.9. The molecule has 3 rings (SSSR count). The molecule has 0 aliphatic heterocycles. The molecule has 8 N–H and O–H groups in total. The summed E-state index contributed by atoms with van der Waals surface area (Å²) in [6.07, 6.45) is -0.290. The number of alkyl carbamates (subject to hydrolysis) is 1. The third-order valence-corrected chi connectivity index (χ3v) is 8.92. The number of benzene rings is 3. The standard InChI is InChI=1S/C43H56N8O12/c1-27(2)35(50-38(54)33(48-36(52)29-12-7-6-8-13-29)14-9-10-24-46-41(57)63-43(3,4)5)39(55)49-34(15-11-25-45-40(44)56)37(53)47-30-18-16-28(17-19-30)26-61-42(58)62-32-22-20-31(21-23-32)51(59)60/h6-8,12-13,16-23,27,33-35H,9-11,14-15,24-26H2,1-5H3,(H,46,57)(H,47,53)(H,48,52)(H,49,55)(H,50,54)(H3,44,45,56)/t33-,34-,35-/m0/s1. The van der Waals surface area contributed by atoms with Crippen LogP contribution in [0.25, 0.3) is 0 Å². The van der Waals surface area contributed by atoms with Crippen molar-refractivity contribution in [3.05, 3.63) is 100 Å². The summed E-state index contributed by atoms with van der Waals surface area (Å²) < 4.78 is 15.4. The Morgan fingerprint density at radius 1 is 0.730 bits per heavy atom. The molecule has 3 atom stereocenters. The average molecular weight is 877 g/mol. The van der Waals surface area contributed by atoms with Crippen LogP contribution in [0.15, 0.2) is 78.9 Å². The van der Waals surface area contributed by atoms with Gasteiger partial charge in [-0.2, -0.15) is 0 Å². The van der Waals surface area contributed by atoms with Crippen molar-refractivity contribution in [3.8, 4) is 5.75 Å². The SMILES string of the molecule is CC(C)[C@H](NC(=O)[C@H](CCCCNC(=O)OC(C)(C)C)NC(=O)c1ccccc1)C(=O)N[C@@H](CCCNC(N)=O)C(=O)Nc1ccc(COC(=O)Oc2ccc([N+](=O)[O-])cc2)cc1. The molecule has 0 spiro atoms. The number of anilines is 1. The van der Waals surface area contributed by atoms with Crippen LogP contribution in [-0.2, 0) is 30.5 Å². The molecule has 20 heteroatoms. The summed E-state index contributed by atoms with van der Waals surface area (Å²) in [4.78, 5) is 100. The van der Waals surface area contributed by atoms with Gasteiger partial charge in [0.2, 0.25) is 17.7 Å². The predicted octanol–water partition coefficient (Wildman–Crippen LogP) is 4.82. The number of nitro benzene ring substituents is 1. The number of hydrogen-bond donors (Lipinski definition) is 7. The van der Waals surface area contributed by atoms with Crippen molar-refractivity contribution in [2.75, 3.05) is 18.4 Å². The Kier molecular flexibility index (Phi) is 19.8. The number of unbranched alkanes of at least 4 members (excludes halogenated alkanes) is 1. The molecule has 0 radical (unpaired) electrons. The smallest absolute Gasteiger partial charge is 0.444 e. The maximum Gasteiger partial charge on any atom is 0.514 e. The van der Waals surface area contributed by atoms with Crippen molar-refractivity contribution in [1.29, 1.82) is 0 Å². The molecule has 340 valence electrons. The monoisotopic (exact) mass is 876 g/mol. The first kappa shape index (κ1) is 50.1. The summed E-state index contributed by atoms with van der Waals surface area (Å²) in [6.45, 7) is 8.81. The van der Waals surface area contributed by atoms with Crippen LogP contribution in [0.1, 0.15) is 82.6 Å². The van der Waals surface area contributed by atoms with Crippen molar-refractivity contribution in [2.24, 2.45) is 11.7 Å². The minimum absolute atomic E-state index is 0.0486. The van der Waals surface area contributed by atoms with Crippen molar-refractivity contribution in [1.82, 2.24) is 26.6 Å². The van der Waals surface area contributed by atoms with Gasteiger partial charge in [0.25, 0.3) is 11.6 Å². The van der Waals surface area contributed by atoms with Crippen LogP contribution in [-0.4, -0.2) is 83.6 Å². The van der Waals surface area contributed by atoms with Crippen LogP contribution in [0.4, 0.5) is 25.8 Å². The Balaban J connectivity index is 1.67. The number of ether oxygens (including phenoxy) is 3. The number of nitro groups is 1. The minimum Gasteiger partial charge on any atom is -0.444 e. The number of hydrogen-bond acceptors (Lipinski definition) is 12. The van der Waals surface area contributed by atoms with E-state index in [1.54, 1.807) is 89.2 Å². The van der Waals surface area contributed by atoms with Gasteiger partial charge in [-0.15, -0.1) is 0 Å². The van der Waals surface area contributed by atoms with Gasteiger partial charge in [0.1, 0.15) is 36.1 Å². The molecule has 7 amide bonds. The molecule has 0 fully saturated rings. The largest absolute Gasteiger partial charge is 0.514 e. The van der Waals surface area contributed by atoms with Gasteiger partial charge in [0, 0.05) is 36.5 Å². The summed E-state index contributed by atoms with van der Waals surface area (Å²) in [5.74, 6) is -2.85. The van der Waals surface area contributed by atoms with Crippen LogP contribution >= 0.6 is 0 Å². The Bertz CT molecular complexity index is 2020. The number of nitrogens with one attached hydrogen (secondary N) is 6. The highest BCUT2D eigenvalue weighted by atomic mass is 16.7. The molecule has 0 aromatic heterocycles. The van der Waals surface area contributed by atoms with Gasteiger partial charge in [0.05, 0.1) is 4.92 Å². The number of nitrogens with two attached hydrogens (primary N) is 1. The molecule has 0 aliphatic rings. The zero-order valence-corrected chi connectivity index (χ0v) is 35.9. The second-order valence-corrected chi connectivity index (χ2v) is 15.6. The van der Waals surface area contributed by atoms with E-state index in [0.29, 0.717) is 29.7 Å². The quantitative estimate of drug-likeness (QED) is 0.0235. The van der Waals surface area contributed by atoms with Crippen molar-refractivity contribution >= 4 is 53.3 Å². The van der Waals surface area contributed by atoms with E-state index >= 15 is 0 Å². The van der Waals surface area contributed by atoms with Crippen molar-refractivity contribution in [2.45, 2.75) is 97.1 Å². The average Bonchev–Trinajstić information content (AvgIpc) is 3.22. The third-order valence-electron chi connectivity index (χ3n) is 8.92. The van der Waals surface area contributed by atoms with Gasteiger partial charge in [-0.25, -0.2) is 14.4 Å². The van der Waals surface area contributed by atoms with Crippen LogP contribution < -0.4 is 42.4 Å². The summed E-state index contributed by atoms with van der Waals surface area (Å²) in [7, 11) is 0. The first-order chi connectivity index (χ1) is 29.8. The Hall–Kier alpha value is -7.25. The second-order valence-electron chi connectivity index (χ2n) is 15.6. The number of primary amides is 1. The Labute approximate surface area is 364 Å². The normalized spacial score (nSPS) is 12.3. The van der Waals surface area contributed by atoms with E-state index in [2.05, 4.69) is 31.9 Å². The second kappa shape index (κ2) is 24.9. The highest BCUT2D eigenvalue weighted by Gasteiger charge is 2.31. The number of carbonyl (C=O) groups excluding carboxylic acids is 7. The van der Waals surface area contributed by atoms with E-state index < -0.39 is 76.5 Å². The lowest BCUT2D eigenvalue weighted by Crippen LogP contribution is -2.57. The molecule has 3 aromatic carbocycles. The number of carbonyl (C=O) groups is 7. The zero-order chi connectivity index (χ0) is 46.5. The number of rotatable bonds is 22. The Morgan fingerprint density at radius 3 is 1.95 bits per heavy atom. The van der Waals surface area contributed by atoms with E-state index in [1.807, 2.05) is 0 Å². The molecule has 20 nitrogen and oxygen atoms in total. The number of amides is 7. The fourth-order valence-corrected chi connectivity index (χ4v) is 5.73. The minimum atomic E-state index is -1.15. The van der Waals surface area contributed by atoms with E-state index in [1.165, 1.54) is 24.3 Å². The molecule has 0 unspecified atom stereocenters.